The Kier molecular flexibility index (Phi) is 3.70. The second-order valence-electron chi connectivity index (χ2n) is 5.41. The smallest absolute Gasteiger partial charge is 0.409 e. The van der Waals surface area contributed by atoms with Crippen LogP contribution in [0.1, 0.15) is 18.9 Å². The number of aromatic nitrogens is 1. The molecule has 1 aromatic heterocycles. The van der Waals surface area contributed by atoms with Crippen LogP contribution in [0.4, 0.5) is 10.5 Å². The highest BCUT2D eigenvalue weighted by molar-refractivity contribution is 5.82. The fraction of sp³-hybridized carbons (Fsp3) is 0.400. The number of amides is 1. The minimum Gasteiger partial charge on any atom is -0.453 e. The number of nitrogens with zero attached hydrogens (tertiary/aromatic N) is 3. The number of rotatable bonds is 2. The summed E-state index contributed by atoms with van der Waals surface area (Å²) in [6.07, 6.45) is 3.37. The number of ether oxygens (including phenoxy) is 1. The van der Waals surface area contributed by atoms with Crippen LogP contribution in [0.15, 0.2) is 30.5 Å². The van der Waals surface area contributed by atoms with Gasteiger partial charge in [-0.1, -0.05) is 0 Å². The molecule has 3 rings (SSSR count). The number of carbonyl (C=O) groups is 1. The zero-order valence-electron chi connectivity index (χ0n) is 12.3. The molecule has 0 radical (unpaired) electrons. The van der Waals surface area contributed by atoms with Gasteiger partial charge in [0.15, 0.2) is 0 Å². The number of nitro benzene ring substituents is 1. The number of methoxy groups -OCH3 is 1. The summed E-state index contributed by atoms with van der Waals surface area (Å²) < 4.78 is 6.88. The highest BCUT2D eigenvalue weighted by Crippen LogP contribution is 2.29. The average Bonchev–Trinajstić information content (AvgIpc) is 2.97. The molecule has 22 heavy (non-hydrogen) atoms. The Morgan fingerprint density at radius 1 is 1.32 bits per heavy atom. The van der Waals surface area contributed by atoms with E-state index < -0.39 is 0 Å². The summed E-state index contributed by atoms with van der Waals surface area (Å²) in [5.41, 5.74) is 1.09. The van der Waals surface area contributed by atoms with Crippen molar-refractivity contribution in [1.29, 1.82) is 0 Å². The van der Waals surface area contributed by atoms with Crippen LogP contribution in [-0.2, 0) is 4.74 Å². The number of benzene rings is 1. The number of likely N-dealkylation sites (tertiary alicyclic amines) is 1. The monoisotopic (exact) mass is 303 g/mol. The quantitative estimate of drug-likeness (QED) is 0.631. The topological polar surface area (TPSA) is 77.6 Å². The van der Waals surface area contributed by atoms with Gasteiger partial charge in [-0.05, 0) is 25.0 Å². The predicted octanol–water partition coefficient (Wildman–Crippen LogP) is 2.95. The fourth-order valence-corrected chi connectivity index (χ4v) is 3.04. The third-order valence-electron chi connectivity index (χ3n) is 4.21. The first-order chi connectivity index (χ1) is 10.6. The first kappa shape index (κ1) is 14.4. The van der Waals surface area contributed by atoms with Crippen molar-refractivity contribution in [2.24, 2.45) is 0 Å². The van der Waals surface area contributed by atoms with E-state index in [1.807, 2.05) is 12.3 Å². The second kappa shape index (κ2) is 5.67. The molecule has 1 fully saturated rings. The van der Waals surface area contributed by atoms with Crippen LogP contribution in [-0.4, -0.2) is 40.7 Å². The second-order valence-corrected chi connectivity index (χ2v) is 5.41. The Morgan fingerprint density at radius 3 is 2.68 bits per heavy atom. The normalized spacial score (nSPS) is 16.0. The van der Waals surface area contributed by atoms with E-state index in [0.29, 0.717) is 19.1 Å². The van der Waals surface area contributed by atoms with Gasteiger partial charge in [-0.15, -0.1) is 0 Å². The maximum absolute atomic E-state index is 11.5. The zero-order valence-corrected chi connectivity index (χ0v) is 12.3. The molecule has 116 valence electrons. The van der Waals surface area contributed by atoms with Gasteiger partial charge < -0.3 is 14.2 Å². The van der Waals surface area contributed by atoms with Crippen LogP contribution in [0.25, 0.3) is 10.9 Å². The van der Waals surface area contributed by atoms with Crippen molar-refractivity contribution in [1.82, 2.24) is 9.47 Å². The molecule has 1 aromatic carbocycles. The lowest BCUT2D eigenvalue weighted by molar-refractivity contribution is -0.384. The number of hydrogen-bond donors (Lipinski definition) is 0. The molecule has 1 saturated heterocycles. The molecular weight excluding hydrogens is 286 g/mol. The molecule has 7 nitrogen and oxygen atoms in total. The zero-order chi connectivity index (χ0) is 15.7. The minimum absolute atomic E-state index is 0.103. The van der Waals surface area contributed by atoms with Gasteiger partial charge in [0.05, 0.1) is 12.0 Å². The van der Waals surface area contributed by atoms with Gasteiger partial charge in [0.2, 0.25) is 0 Å². The Hall–Kier alpha value is -2.57. The van der Waals surface area contributed by atoms with Crippen molar-refractivity contribution in [2.45, 2.75) is 18.9 Å². The fourth-order valence-electron chi connectivity index (χ4n) is 3.04. The van der Waals surface area contributed by atoms with Crippen LogP contribution in [0, 0.1) is 10.1 Å². The molecule has 7 heteroatoms. The standard InChI is InChI=1S/C15H17N3O4/c1-22-15(19)16-7-5-12(6-8-16)17-9-4-11-10-13(18(20)21)2-3-14(11)17/h2-4,9-10,12H,5-8H2,1H3. The Morgan fingerprint density at radius 2 is 2.05 bits per heavy atom. The molecule has 0 atom stereocenters. The van der Waals surface area contributed by atoms with Gasteiger partial charge in [0.1, 0.15) is 0 Å². The summed E-state index contributed by atoms with van der Waals surface area (Å²) in [7, 11) is 1.39. The van der Waals surface area contributed by atoms with Gasteiger partial charge in [-0.2, -0.15) is 0 Å². The van der Waals surface area contributed by atoms with Crippen LogP contribution < -0.4 is 0 Å². The molecule has 0 N–H and O–H groups in total. The van der Waals surface area contributed by atoms with Crippen molar-refractivity contribution in [3.8, 4) is 0 Å². The maximum Gasteiger partial charge on any atom is 0.409 e. The van der Waals surface area contributed by atoms with E-state index in [0.717, 1.165) is 23.7 Å². The molecule has 0 aliphatic carbocycles. The van der Waals surface area contributed by atoms with E-state index in [2.05, 4.69) is 4.57 Å². The largest absolute Gasteiger partial charge is 0.453 e. The molecule has 0 saturated carbocycles. The van der Waals surface area contributed by atoms with Crippen LogP contribution in [0.2, 0.25) is 0 Å². The Labute approximate surface area is 127 Å². The molecule has 1 amide bonds. The van der Waals surface area contributed by atoms with Gasteiger partial charge >= 0.3 is 6.09 Å². The SMILES string of the molecule is COC(=O)N1CCC(n2ccc3cc([N+](=O)[O-])ccc32)CC1. The molecule has 1 aliphatic heterocycles. The van der Waals surface area contributed by atoms with Crippen LogP contribution in [0.5, 0.6) is 0 Å². The molecule has 1 aliphatic rings. The van der Waals surface area contributed by atoms with Crippen molar-refractivity contribution in [3.05, 3.63) is 40.6 Å². The summed E-state index contributed by atoms with van der Waals surface area (Å²) in [6.45, 7) is 1.31. The third-order valence-corrected chi connectivity index (χ3v) is 4.21. The van der Waals surface area contributed by atoms with Gasteiger partial charge in [0.25, 0.3) is 5.69 Å². The summed E-state index contributed by atoms with van der Waals surface area (Å²) in [5.74, 6) is 0. The first-order valence-electron chi connectivity index (χ1n) is 7.18. The number of non-ortho nitro benzene ring substituents is 1. The first-order valence-corrected chi connectivity index (χ1v) is 7.18. The van der Waals surface area contributed by atoms with Gasteiger partial charge in [0, 0.05) is 48.4 Å². The number of fused-ring (bicyclic) bond motifs is 1. The van der Waals surface area contributed by atoms with E-state index in [-0.39, 0.29) is 16.7 Å². The van der Waals surface area contributed by atoms with E-state index >= 15 is 0 Å². The molecule has 2 heterocycles. The lowest BCUT2D eigenvalue weighted by Gasteiger charge is -2.32. The minimum atomic E-state index is -0.383. The predicted molar refractivity (Wildman–Crippen MR) is 80.8 cm³/mol. The molecule has 2 aromatic rings. The van der Waals surface area contributed by atoms with Crippen molar-refractivity contribution in [3.63, 3.8) is 0 Å². The summed E-state index contributed by atoms with van der Waals surface area (Å²) in [4.78, 5) is 23.7. The number of piperidine rings is 1. The number of hydrogen-bond acceptors (Lipinski definition) is 4. The van der Waals surface area contributed by atoms with E-state index in [1.165, 1.54) is 13.2 Å². The van der Waals surface area contributed by atoms with Crippen molar-refractivity contribution in [2.75, 3.05) is 20.2 Å². The molecule has 0 spiro atoms. The average molecular weight is 303 g/mol. The highest BCUT2D eigenvalue weighted by Gasteiger charge is 2.25. The van der Waals surface area contributed by atoms with E-state index in [9.17, 15) is 14.9 Å². The highest BCUT2D eigenvalue weighted by atomic mass is 16.6. The van der Waals surface area contributed by atoms with Crippen LogP contribution >= 0.6 is 0 Å². The van der Waals surface area contributed by atoms with E-state index in [4.69, 9.17) is 4.74 Å². The molecule has 0 unspecified atom stereocenters. The van der Waals surface area contributed by atoms with Gasteiger partial charge in [-0.3, -0.25) is 10.1 Å². The Bertz CT molecular complexity index is 717. The summed E-state index contributed by atoms with van der Waals surface area (Å²) in [6, 6.07) is 7.10. The molecular formula is C15H17N3O4. The lowest BCUT2D eigenvalue weighted by Crippen LogP contribution is -2.38. The van der Waals surface area contributed by atoms with E-state index in [1.54, 1.807) is 17.0 Å². The van der Waals surface area contributed by atoms with Crippen molar-refractivity contribution >= 4 is 22.7 Å². The lowest BCUT2D eigenvalue weighted by atomic mass is 10.0. The van der Waals surface area contributed by atoms with Gasteiger partial charge in [-0.25, -0.2) is 4.79 Å². The maximum atomic E-state index is 11.5. The number of carbonyl (C=O) groups excluding carboxylic acids is 1. The molecule has 0 bridgehead atoms. The van der Waals surface area contributed by atoms with Crippen LogP contribution in [0.3, 0.4) is 0 Å². The van der Waals surface area contributed by atoms with Crippen molar-refractivity contribution < 1.29 is 14.5 Å². The Balaban J connectivity index is 1.80. The third kappa shape index (κ3) is 2.49. The summed E-state index contributed by atoms with van der Waals surface area (Å²) >= 11 is 0. The number of nitro groups is 1. The summed E-state index contributed by atoms with van der Waals surface area (Å²) in [5, 5.41) is 11.7.